The van der Waals surface area contributed by atoms with Crippen molar-refractivity contribution in [2.45, 2.75) is 64.6 Å². The molecule has 0 aliphatic heterocycles. The summed E-state index contributed by atoms with van der Waals surface area (Å²) in [5.74, 6) is 0. The average Bonchev–Trinajstić information content (AvgIpc) is 2.84. The van der Waals surface area contributed by atoms with Crippen LogP contribution in [-0.2, 0) is 4.74 Å². The molecule has 0 atom stereocenters. The highest BCUT2D eigenvalue weighted by molar-refractivity contribution is 5.70. The maximum absolute atomic E-state index is 12.0. The zero-order valence-electron chi connectivity index (χ0n) is 10.9. The van der Waals surface area contributed by atoms with Crippen LogP contribution in [0.2, 0.25) is 0 Å². The zero-order chi connectivity index (χ0) is 12.6. The SMILES string of the molecule is CC(C)(C)OC(=O)N(C1CC1)C(C)(C)CO. The van der Waals surface area contributed by atoms with Gasteiger partial charge in [-0.2, -0.15) is 0 Å². The molecule has 4 heteroatoms. The van der Waals surface area contributed by atoms with Gasteiger partial charge in [0, 0.05) is 6.04 Å². The highest BCUT2D eigenvalue weighted by Crippen LogP contribution is 2.34. The van der Waals surface area contributed by atoms with Gasteiger partial charge in [0.2, 0.25) is 0 Å². The Morgan fingerprint density at radius 3 is 2.12 bits per heavy atom. The van der Waals surface area contributed by atoms with Gasteiger partial charge in [0.25, 0.3) is 0 Å². The lowest BCUT2D eigenvalue weighted by Gasteiger charge is -2.38. The van der Waals surface area contributed by atoms with Crippen molar-refractivity contribution in [3.8, 4) is 0 Å². The molecule has 1 N–H and O–H groups in total. The molecular weight excluding hydrogens is 206 g/mol. The zero-order valence-corrected chi connectivity index (χ0v) is 10.9. The van der Waals surface area contributed by atoms with Gasteiger partial charge in [-0.3, -0.25) is 4.90 Å². The van der Waals surface area contributed by atoms with Crippen LogP contribution in [0.5, 0.6) is 0 Å². The molecule has 0 heterocycles. The Morgan fingerprint density at radius 2 is 1.81 bits per heavy atom. The van der Waals surface area contributed by atoms with Crippen LogP contribution in [0.25, 0.3) is 0 Å². The van der Waals surface area contributed by atoms with E-state index in [1.165, 1.54) is 0 Å². The minimum absolute atomic E-state index is 0.0528. The molecular formula is C12H23NO3. The molecule has 4 nitrogen and oxygen atoms in total. The van der Waals surface area contributed by atoms with Gasteiger partial charge in [0.05, 0.1) is 12.1 Å². The quantitative estimate of drug-likeness (QED) is 0.806. The van der Waals surface area contributed by atoms with Crippen molar-refractivity contribution in [2.24, 2.45) is 0 Å². The van der Waals surface area contributed by atoms with E-state index in [0.717, 1.165) is 12.8 Å². The smallest absolute Gasteiger partial charge is 0.411 e. The first-order valence-corrected chi connectivity index (χ1v) is 5.80. The summed E-state index contributed by atoms with van der Waals surface area (Å²) in [5, 5.41) is 9.34. The van der Waals surface area contributed by atoms with Crippen LogP contribution in [0.1, 0.15) is 47.5 Å². The molecule has 0 aromatic heterocycles. The van der Waals surface area contributed by atoms with E-state index >= 15 is 0 Å². The van der Waals surface area contributed by atoms with Crippen LogP contribution >= 0.6 is 0 Å². The van der Waals surface area contributed by atoms with Crippen molar-refractivity contribution in [1.29, 1.82) is 0 Å². The lowest BCUT2D eigenvalue weighted by atomic mass is 10.0. The predicted octanol–water partition coefficient (Wildman–Crippen LogP) is 2.16. The first kappa shape index (κ1) is 13.3. The summed E-state index contributed by atoms with van der Waals surface area (Å²) >= 11 is 0. The lowest BCUT2D eigenvalue weighted by molar-refractivity contribution is -0.0120. The minimum atomic E-state index is -0.552. The normalized spacial score (nSPS) is 17.1. The molecule has 0 aromatic carbocycles. The van der Waals surface area contributed by atoms with E-state index in [2.05, 4.69) is 0 Å². The van der Waals surface area contributed by atoms with Crippen molar-refractivity contribution in [3.05, 3.63) is 0 Å². The molecule has 0 bridgehead atoms. The highest BCUT2D eigenvalue weighted by atomic mass is 16.6. The first-order chi connectivity index (χ1) is 7.17. The lowest BCUT2D eigenvalue weighted by Crippen LogP contribution is -2.52. The average molecular weight is 229 g/mol. The van der Waals surface area contributed by atoms with E-state index in [1.54, 1.807) is 4.90 Å². The molecule has 94 valence electrons. The Kier molecular flexibility index (Phi) is 3.53. The fourth-order valence-electron chi connectivity index (χ4n) is 1.61. The molecule has 0 spiro atoms. The summed E-state index contributed by atoms with van der Waals surface area (Å²) in [7, 11) is 0. The summed E-state index contributed by atoms with van der Waals surface area (Å²) in [6.07, 6.45) is 1.68. The second-order valence-corrected chi connectivity index (χ2v) is 6.05. The summed E-state index contributed by atoms with van der Waals surface area (Å²) in [5.41, 5.74) is -1.04. The number of hydrogen-bond donors (Lipinski definition) is 1. The molecule has 0 unspecified atom stereocenters. The predicted molar refractivity (Wildman–Crippen MR) is 62.3 cm³/mol. The standard InChI is InChI=1S/C12H23NO3/c1-11(2,3)16-10(15)13(9-6-7-9)12(4,5)8-14/h9,14H,6-8H2,1-5H3. The Morgan fingerprint density at radius 1 is 1.31 bits per heavy atom. The Bertz CT molecular complexity index is 264. The number of carbonyl (C=O) groups excluding carboxylic acids is 1. The maximum Gasteiger partial charge on any atom is 0.411 e. The number of carbonyl (C=O) groups is 1. The van der Waals surface area contributed by atoms with Crippen LogP contribution in [0.4, 0.5) is 4.79 Å². The van der Waals surface area contributed by atoms with Gasteiger partial charge in [0.1, 0.15) is 5.60 Å². The third kappa shape index (κ3) is 3.37. The summed E-state index contributed by atoms with van der Waals surface area (Å²) in [6.45, 7) is 9.21. The summed E-state index contributed by atoms with van der Waals surface area (Å²) < 4.78 is 5.37. The van der Waals surface area contributed by atoms with E-state index in [-0.39, 0.29) is 18.7 Å². The van der Waals surface area contributed by atoms with Gasteiger partial charge < -0.3 is 9.84 Å². The van der Waals surface area contributed by atoms with Gasteiger partial charge in [-0.15, -0.1) is 0 Å². The molecule has 0 radical (unpaired) electrons. The van der Waals surface area contributed by atoms with Gasteiger partial charge >= 0.3 is 6.09 Å². The third-order valence-corrected chi connectivity index (χ3v) is 2.54. The van der Waals surface area contributed by atoms with E-state index in [0.29, 0.717) is 0 Å². The molecule has 0 aromatic rings. The largest absolute Gasteiger partial charge is 0.444 e. The molecule has 16 heavy (non-hydrogen) atoms. The number of amides is 1. The molecule has 1 amide bonds. The summed E-state index contributed by atoms with van der Waals surface area (Å²) in [6, 6.07) is 0.233. The van der Waals surface area contributed by atoms with Crippen LogP contribution in [0.3, 0.4) is 0 Å². The fourth-order valence-corrected chi connectivity index (χ4v) is 1.61. The fraction of sp³-hybridized carbons (Fsp3) is 0.917. The van der Waals surface area contributed by atoms with E-state index in [4.69, 9.17) is 4.74 Å². The van der Waals surface area contributed by atoms with Crippen LogP contribution in [-0.4, -0.2) is 39.9 Å². The monoisotopic (exact) mass is 229 g/mol. The number of hydrogen-bond acceptors (Lipinski definition) is 3. The molecule has 1 saturated carbocycles. The minimum Gasteiger partial charge on any atom is -0.444 e. The molecule has 1 aliphatic rings. The van der Waals surface area contributed by atoms with E-state index in [9.17, 15) is 9.90 Å². The number of nitrogens with zero attached hydrogens (tertiary/aromatic N) is 1. The van der Waals surface area contributed by atoms with Crippen molar-refractivity contribution in [1.82, 2.24) is 4.90 Å². The molecule has 1 rings (SSSR count). The van der Waals surface area contributed by atoms with Gasteiger partial charge in [-0.25, -0.2) is 4.79 Å². The second-order valence-electron chi connectivity index (χ2n) is 6.05. The van der Waals surface area contributed by atoms with Crippen LogP contribution in [0.15, 0.2) is 0 Å². The number of ether oxygens (including phenoxy) is 1. The number of rotatable bonds is 3. The Labute approximate surface area is 97.6 Å². The van der Waals surface area contributed by atoms with Gasteiger partial charge in [-0.05, 0) is 47.5 Å². The van der Waals surface area contributed by atoms with Crippen molar-refractivity contribution >= 4 is 6.09 Å². The Balaban J connectivity index is 2.75. The molecule has 1 aliphatic carbocycles. The topological polar surface area (TPSA) is 49.8 Å². The van der Waals surface area contributed by atoms with Gasteiger partial charge in [-0.1, -0.05) is 0 Å². The van der Waals surface area contributed by atoms with Crippen LogP contribution in [0, 0.1) is 0 Å². The van der Waals surface area contributed by atoms with Crippen molar-refractivity contribution < 1.29 is 14.6 Å². The Hall–Kier alpha value is -0.770. The van der Waals surface area contributed by atoms with E-state index < -0.39 is 11.1 Å². The molecule has 1 fully saturated rings. The highest BCUT2D eigenvalue weighted by Gasteiger charge is 2.43. The van der Waals surface area contributed by atoms with Crippen molar-refractivity contribution in [3.63, 3.8) is 0 Å². The first-order valence-electron chi connectivity index (χ1n) is 5.80. The number of aliphatic hydroxyl groups is 1. The van der Waals surface area contributed by atoms with Gasteiger partial charge in [0.15, 0.2) is 0 Å². The van der Waals surface area contributed by atoms with Crippen molar-refractivity contribution in [2.75, 3.05) is 6.61 Å². The molecule has 0 saturated heterocycles. The summed E-state index contributed by atoms with van der Waals surface area (Å²) in [4.78, 5) is 13.7. The number of aliphatic hydroxyl groups excluding tert-OH is 1. The van der Waals surface area contributed by atoms with Crippen LogP contribution < -0.4 is 0 Å². The maximum atomic E-state index is 12.0. The van der Waals surface area contributed by atoms with E-state index in [1.807, 2.05) is 34.6 Å². The second kappa shape index (κ2) is 4.24. The third-order valence-electron chi connectivity index (χ3n) is 2.54.